The third-order valence-corrected chi connectivity index (χ3v) is 3.48. The number of hydrogen-bond acceptors (Lipinski definition) is 4. The monoisotopic (exact) mass is 293 g/mol. The zero-order valence-electron chi connectivity index (χ0n) is 12.4. The summed E-state index contributed by atoms with van der Waals surface area (Å²) < 4.78 is 5.84. The van der Waals surface area contributed by atoms with Gasteiger partial charge >= 0.3 is 0 Å². The molecular weight excluding hydrogens is 266 g/mol. The number of likely N-dealkylation sites (tertiary alicyclic amines) is 1. The van der Waals surface area contributed by atoms with Crippen molar-refractivity contribution in [3.63, 3.8) is 0 Å². The van der Waals surface area contributed by atoms with Crippen LogP contribution >= 0.6 is 12.4 Å². The molecule has 114 valence electrons. The minimum Gasteiger partial charge on any atom is -0.375 e. The van der Waals surface area contributed by atoms with Gasteiger partial charge in [-0.2, -0.15) is 0 Å². The molecule has 0 spiro atoms. The van der Waals surface area contributed by atoms with Crippen LogP contribution in [0.1, 0.15) is 20.3 Å². The second kappa shape index (κ2) is 10.4. The molecule has 0 saturated carbocycles. The van der Waals surface area contributed by atoms with E-state index in [-0.39, 0.29) is 24.4 Å². The number of carbonyl (C=O) groups is 1. The standard InChI is InChI=1S/C13H27N3O2.ClH/c1-4-15(5-2)8-9-18-12-6-7-16(11-12)13(17)10-14-3;/h12,14H,4-11H2,1-3H3;1H. The van der Waals surface area contributed by atoms with Gasteiger partial charge in [0.1, 0.15) is 0 Å². The van der Waals surface area contributed by atoms with Crippen molar-refractivity contribution in [1.82, 2.24) is 15.1 Å². The quantitative estimate of drug-likeness (QED) is 0.711. The number of nitrogens with one attached hydrogen (secondary N) is 1. The highest BCUT2D eigenvalue weighted by Gasteiger charge is 2.26. The van der Waals surface area contributed by atoms with Crippen molar-refractivity contribution in [2.24, 2.45) is 0 Å². The van der Waals surface area contributed by atoms with Gasteiger partial charge in [-0.05, 0) is 26.6 Å². The van der Waals surface area contributed by atoms with Crippen LogP contribution < -0.4 is 5.32 Å². The predicted molar refractivity (Wildman–Crippen MR) is 79.9 cm³/mol. The van der Waals surface area contributed by atoms with E-state index >= 15 is 0 Å². The van der Waals surface area contributed by atoms with E-state index in [0.717, 1.165) is 45.8 Å². The lowest BCUT2D eigenvalue weighted by molar-refractivity contribution is -0.129. The van der Waals surface area contributed by atoms with Crippen LogP contribution in [0.2, 0.25) is 0 Å². The number of likely N-dealkylation sites (N-methyl/N-ethyl adjacent to an activating group) is 2. The average molecular weight is 294 g/mol. The minimum absolute atomic E-state index is 0. The summed E-state index contributed by atoms with van der Waals surface area (Å²) in [4.78, 5) is 15.9. The van der Waals surface area contributed by atoms with E-state index < -0.39 is 0 Å². The lowest BCUT2D eigenvalue weighted by Crippen LogP contribution is -2.36. The van der Waals surface area contributed by atoms with Crippen LogP contribution in [0.3, 0.4) is 0 Å². The van der Waals surface area contributed by atoms with Crippen molar-refractivity contribution < 1.29 is 9.53 Å². The first kappa shape index (κ1) is 18.6. The SMILES string of the molecule is CCN(CC)CCOC1CCN(C(=O)CNC)C1.Cl. The lowest BCUT2D eigenvalue weighted by atomic mass is 10.3. The molecule has 6 heteroatoms. The van der Waals surface area contributed by atoms with Crippen molar-refractivity contribution in [3.05, 3.63) is 0 Å². The Kier molecular flexibility index (Phi) is 10.2. The molecule has 1 aliphatic rings. The molecule has 1 unspecified atom stereocenters. The zero-order valence-corrected chi connectivity index (χ0v) is 13.2. The number of nitrogens with zero attached hydrogens (tertiary/aromatic N) is 2. The van der Waals surface area contributed by atoms with E-state index in [2.05, 4.69) is 24.1 Å². The summed E-state index contributed by atoms with van der Waals surface area (Å²) in [7, 11) is 1.80. The summed E-state index contributed by atoms with van der Waals surface area (Å²) in [6.45, 7) is 10.2. The zero-order chi connectivity index (χ0) is 13.4. The van der Waals surface area contributed by atoms with Gasteiger partial charge in [0, 0.05) is 19.6 Å². The Labute approximate surface area is 123 Å². The number of halogens is 1. The Hall–Kier alpha value is -0.360. The summed E-state index contributed by atoms with van der Waals surface area (Å²) in [5, 5.41) is 2.89. The van der Waals surface area contributed by atoms with Crippen LogP contribution in [0.25, 0.3) is 0 Å². The van der Waals surface area contributed by atoms with Crippen LogP contribution in [0.5, 0.6) is 0 Å². The summed E-state index contributed by atoms with van der Waals surface area (Å²) in [5.41, 5.74) is 0. The fourth-order valence-corrected chi connectivity index (χ4v) is 2.24. The molecule has 1 amide bonds. The van der Waals surface area contributed by atoms with Gasteiger partial charge in [-0.15, -0.1) is 12.4 Å². The molecule has 0 aromatic carbocycles. The number of rotatable bonds is 8. The maximum absolute atomic E-state index is 11.7. The Morgan fingerprint density at radius 3 is 2.68 bits per heavy atom. The molecule has 0 aromatic heterocycles. The molecule has 1 fully saturated rings. The Balaban J connectivity index is 0.00000324. The highest BCUT2D eigenvalue weighted by molar-refractivity contribution is 5.85. The van der Waals surface area contributed by atoms with E-state index in [1.165, 1.54) is 0 Å². The maximum Gasteiger partial charge on any atom is 0.236 e. The molecule has 1 aliphatic heterocycles. The summed E-state index contributed by atoms with van der Waals surface area (Å²) in [6, 6.07) is 0. The van der Waals surface area contributed by atoms with E-state index in [1.54, 1.807) is 7.05 Å². The van der Waals surface area contributed by atoms with E-state index in [9.17, 15) is 4.79 Å². The summed E-state index contributed by atoms with van der Waals surface area (Å²) in [6.07, 6.45) is 1.19. The van der Waals surface area contributed by atoms with Crippen LogP contribution in [-0.4, -0.2) is 74.7 Å². The highest BCUT2D eigenvalue weighted by atomic mass is 35.5. The third-order valence-electron chi connectivity index (χ3n) is 3.48. The molecule has 1 rings (SSSR count). The molecule has 1 saturated heterocycles. The van der Waals surface area contributed by atoms with Crippen LogP contribution in [0.15, 0.2) is 0 Å². The van der Waals surface area contributed by atoms with Gasteiger partial charge in [-0.1, -0.05) is 13.8 Å². The number of ether oxygens (including phenoxy) is 1. The van der Waals surface area contributed by atoms with Gasteiger partial charge in [0.2, 0.25) is 5.91 Å². The number of amides is 1. The Bertz CT molecular complexity index is 250. The van der Waals surface area contributed by atoms with Crippen molar-refractivity contribution >= 4 is 18.3 Å². The molecule has 1 N–H and O–H groups in total. The van der Waals surface area contributed by atoms with Gasteiger partial charge in [0.15, 0.2) is 0 Å². The molecule has 0 radical (unpaired) electrons. The smallest absolute Gasteiger partial charge is 0.236 e. The fraction of sp³-hybridized carbons (Fsp3) is 0.923. The van der Waals surface area contributed by atoms with Crippen LogP contribution in [0.4, 0.5) is 0 Å². The lowest BCUT2D eigenvalue weighted by Gasteiger charge is -2.20. The normalized spacial score (nSPS) is 18.7. The molecule has 0 bridgehead atoms. The van der Waals surface area contributed by atoms with Gasteiger partial charge in [-0.3, -0.25) is 4.79 Å². The first-order chi connectivity index (χ1) is 8.71. The van der Waals surface area contributed by atoms with Crippen LogP contribution in [0, 0.1) is 0 Å². The summed E-state index contributed by atoms with van der Waals surface area (Å²) in [5.74, 6) is 0.173. The Morgan fingerprint density at radius 1 is 1.42 bits per heavy atom. The van der Waals surface area contributed by atoms with Gasteiger partial charge in [-0.25, -0.2) is 0 Å². The fourth-order valence-electron chi connectivity index (χ4n) is 2.24. The molecule has 0 aliphatic carbocycles. The van der Waals surface area contributed by atoms with Crippen molar-refractivity contribution in [3.8, 4) is 0 Å². The highest BCUT2D eigenvalue weighted by Crippen LogP contribution is 2.12. The predicted octanol–water partition coefficient (Wildman–Crippen LogP) is 0.587. The van der Waals surface area contributed by atoms with Gasteiger partial charge in [0.05, 0.1) is 19.3 Å². The molecule has 19 heavy (non-hydrogen) atoms. The molecule has 1 atom stereocenters. The largest absolute Gasteiger partial charge is 0.375 e. The molecule has 5 nitrogen and oxygen atoms in total. The average Bonchev–Trinajstić information content (AvgIpc) is 2.84. The Morgan fingerprint density at radius 2 is 2.11 bits per heavy atom. The molecular formula is C13H28ClN3O2. The number of carbonyl (C=O) groups excluding carboxylic acids is 1. The van der Waals surface area contributed by atoms with Crippen LogP contribution in [-0.2, 0) is 9.53 Å². The van der Waals surface area contributed by atoms with E-state index in [1.807, 2.05) is 4.90 Å². The van der Waals surface area contributed by atoms with Gasteiger partial charge in [0.25, 0.3) is 0 Å². The van der Waals surface area contributed by atoms with Gasteiger partial charge < -0.3 is 19.9 Å². The molecule has 0 aromatic rings. The van der Waals surface area contributed by atoms with Crippen molar-refractivity contribution in [2.75, 3.05) is 52.9 Å². The number of hydrogen-bond donors (Lipinski definition) is 1. The maximum atomic E-state index is 11.7. The first-order valence-corrected chi connectivity index (χ1v) is 6.97. The summed E-state index contributed by atoms with van der Waals surface area (Å²) >= 11 is 0. The minimum atomic E-state index is 0. The molecule has 1 heterocycles. The second-order valence-electron chi connectivity index (χ2n) is 4.68. The van der Waals surface area contributed by atoms with E-state index in [4.69, 9.17) is 4.74 Å². The first-order valence-electron chi connectivity index (χ1n) is 6.97. The van der Waals surface area contributed by atoms with Crippen molar-refractivity contribution in [2.45, 2.75) is 26.4 Å². The second-order valence-corrected chi connectivity index (χ2v) is 4.68. The third kappa shape index (κ3) is 6.56. The van der Waals surface area contributed by atoms with E-state index in [0.29, 0.717) is 6.54 Å². The topological polar surface area (TPSA) is 44.8 Å². The van der Waals surface area contributed by atoms with Crippen molar-refractivity contribution in [1.29, 1.82) is 0 Å².